The number of nitrogens with zero attached hydrogens (tertiary/aromatic N) is 1. The van der Waals surface area contributed by atoms with Crippen LogP contribution in [0.3, 0.4) is 0 Å². The highest BCUT2D eigenvalue weighted by atomic mass is 16.1. The Bertz CT molecular complexity index is 389. The number of nitrogens with one attached hydrogen (secondary N) is 1. The molecule has 0 aromatic heterocycles. The number of amides is 1. The second kappa shape index (κ2) is 7.79. The molecule has 3 N–H and O–H groups in total. The molecule has 1 atom stereocenters. The van der Waals surface area contributed by atoms with Gasteiger partial charge in [-0.25, -0.2) is 0 Å². The van der Waals surface area contributed by atoms with Crippen molar-refractivity contribution in [3.05, 3.63) is 29.8 Å². The highest BCUT2D eigenvalue weighted by Crippen LogP contribution is 2.15. The van der Waals surface area contributed by atoms with Crippen molar-refractivity contribution in [2.75, 3.05) is 24.5 Å². The van der Waals surface area contributed by atoms with E-state index in [1.54, 1.807) is 0 Å². The summed E-state index contributed by atoms with van der Waals surface area (Å²) in [6.45, 7) is 8.66. The van der Waals surface area contributed by atoms with E-state index in [1.165, 1.54) is 0 Å². The first-order chi connectivity index (χ1) is 9.12. The number of hydrogen-bond acceptors (Lipinski definition) is 3. The molecular weight excluding hydrogens is 238 g/mol. The maximum Gasteiger partial charge on any atom is 0.251 e. The van der Waals surface area contributed by atoms with Crippen molar-refractivity contribution in [1.29, 1.82) is 0 Å². The number of benzene rings is 1. The van der Waals surface area contributed by atoms with Crippen molar-refractivity contribution in [3.8, 4) is 0 Å². The van der Waals surface area contributed by atoms with Crippen LogP contribution >= 0.6 is 0 Å². The molecule has 0 fully saturated rings. The smallest absolute Gasteiger partial charge is 0.251 e. The lowest BCUT2D eigenvalue weighted by Gasteiger charge is -2.22. The number of carbonyl (C=O) groups is 1. The average molecular weight is 263 g/mol. The van der Waals surface area contributed by atoms with E-state index < -0.39 is 0 Å². The Labute approximate surface area is 116 Å². The summed E-state index contributed by atoms with van der Waals surface area (Å²) in [5, 5.41) is 2.86. The van der Waals surface area contributed by atoms with Crippen LogP contribution in [-0.2, 0) is 0 Å². The van der Waals surface area contributed by atoms with Gasteiger partial charge < -0.3 is 16.0 Å². The quantitative estimate of drug-likeness (QED) is 0.791. The Hall–Kier alpha value is -1.55. The molecule has 1 rings (SSSR count). The number of anilines is 1. The monoisotopic (exact) mass is 263 g/mol. The highest BCUT2D eigenvalue weighted by Gasteiger charge is 2.09. The Morgan fingerprint density at radius 1 is 1.32 bits per heavy atom. The molecule has 1 aromatic carbocycles. The van der Waals surface area contributed by atoms with Crippen LogP contribution in [0.4, 0.5) is 5.69 Å². The van der Waals surface area contributed by atoms with E-state index >= 15 is 0 Å². The third-order valence-electron chi connectivity index (χ3n) is 3.10. The summed E-state index contributed by atoms with van der Waals surface area (Å²) in [6.07, 6.45) is 1.12. The molecule has 0 saturated carbocycles. The van der Waals surface area contributed by atoms with Crippen molar-refractivity contribution >= 4 is 11.6 Å². The Kier molecular flexibility index (Phi) is 6.36. The van der Waals surface area contributed by atoms with Gasteiger partial charge in [-0.1, -0.05) is 6.92 Å². The lowest BCUT2D eigenvalue weighted by Crippen LogP contribution is -2.37. The van der Waals surface area contributed by atoms with Crippen LogP contribution in [0.1, 0.15) is 37.6 Å². The van der Waals surface area contributed by atoms with Gasteiger partial charge >= 0.3 is 0 Å². The Morgan fingerprint density at radius 3 is 2.42 bits per heavy atom. The van der Waals surface area contributed by atoms with Crippen LogP contribution in [0.15, 0.2) is 24.3 Å². The van der Waals surface area contributed by atoms with Crippen LogP contribution in [-0.4, -0.2) is 31.6 Å². The first kappa shape index (κ1) is 15.5. The Morgan fingerprint density at radius 2 is 1.95 bits per heavy atom. The molecule has 0 heterocycles. The normalized spacial score (nSPS) is 12.0. The first-order valence-electron chi connectivity index (χ1n) is 6.98. The molecule has 1 amide bonds. The van der Waals surface area contributed by atoms with E-state index in [2.05, 4.69) is 24.1 Å². The molecule has 0 unspecified atom stereocenters. The Balaban J connectivity index is 2.72. The summed E-state index contributed by atoms with van der Waals surface area (Å²) in [5.74, 6) is -0.0666. The van der Waals surface area contributed by atoms with Crippen LogP contribution < -0.4 is 16.0 Å². The second-order valence-electron chi connectivity index (χ2n) is 4.74. The van der Waals surface area contributed by atoms with E-state index in [-0.39, 0.29) is 11.9 Å². The van der Waals surface area contributed by atoms with Gasteiger partial charge in [-0.05, 0) is 44.5 Å². The molecule has 4 heteroatoms. The van der Waals surface area contributed by atoms with Gasteiger partial charge in [0.05, 0.1) is 0 Å². The molecular formula is C15H25N3O. The molecule has 106 valence electrons. The summed E-state index contributed by atoms with van der Waals surface area (Å²) in [7, 11) is 0. The lowest BCUT2D eigenvalue weighted by atomic mass is 10.1. The van der Waals surface area contributed by atoms with E-state index in [0.717, 1.165) is 25.2 Å². The minimum Gasteiger partial charge on any atom is -0.372 e. The summed E-state index contributed by atoms with van der Waals surface area (Å²) in [5.41, 5.74) is 7.33. The minimum atomic E-state index is -0.0666. The van der Waals surface area contributed by atoms with Crippen molar-refractivity contribution in [3.63, 3.8) is 0 Å². The number of rotatable bonds is 7. The van der Waals surface area contributed by atoms with Gasteiger partial charge in [0.25, 0.3) is 5.91 Å². The highest BCUT2D eigenvalue weighted by molar-refractivity contribution is 5.94. The number of hydrogen-bond donors (Lipinski definition) is 2. The molecule has 1 aromatic rings. The standard InChI is InChI=1S/C15H25N3O/c1-4-10-18(5-2)14-8-6-13(7-9-14)15(19)17-12(3)11-16/h6-9,12H,4-5,10-11,16H2,1-3H3,(H,17,19)/t12-/m0/s1. The van der Waals surface area contributed by atoms with E-state index in [9.17, 15) is 4.79 Å². The zero-order chi connectivity index (χ0) is 14.3. The molecule has 0 aliphatic rings. The van der Waals surface area contributed by atoms with Crippen molar-refractivity contribution in [2.45, 2.75) is 33.2 Å². The fourth-order valence-electron chi connectivity index (χ4n) is 1.93. The van der Waals surface area contributed by atoms with E-state index in [1.807, 2.05) is 31.2 Å². The van der Waals surface area contributed by atoms with Gasteiger partial charge in [-0.15, -0.1) is 0 Å². The second-order valence-corrected chi connectivity index (χ2v) is 4.74. The predicted octanol–water partition coefficient (Wildman–Crippen LogP) is 2.00. The molecule has 0 bridgehead atoms. The van der Waals surface area contributed by atoms with Crippen LogP contribution in [0.2, 0.25) is 0 Å². The maximum absolute atomic E-state index is 11.9. The van der Waals surface area contributed by atoms with Gasteiger partial charge in [-0.2, -0.15) is 0 Å². The van der Waals surface area contributed by atoms with Crippen molar-refractivity contribution in [1.82, 2.24) is 5.32 Å². The molecule has 0 spiro atoms. The third kappa shape index (κ3) is 4.56. The molecule has 0 saturated heterocycles. The number of nitrogens with two attached hydrogens (primary N) is 1. The van der Waals surface area contributed by atoms with Crippen LogP contribution in [0, 0.1) is 0 Å². The van der Waals surface area contributed by atoms with E-state index in [4.69, 9.17) is 5.73 Å². The molecule has 4 nitrogen and oxygen atoms in total. The molecule has 0 aliphatic heterocycles. The lowest BCUT2D eigenvalue weighted by molar-refractivity contribution is 0.0941. The minimum absolute atomic E-state index is 0.000548. The summed E-state index contributed by atoms with van der Waals surface area (Å²) >= 11 is 0. The molecule has 0 aliphatic carbocycles. The fraction of sp³-hybridized carbons (Fsp3) is 0.533. The molecule has 0 radical (unpaired) electrons. The largest absolute Gasteiger partial charge is 0.372 e. The topological polar surface area (TPSA) is 58.4 Å². The zero-order valence-corrected chi connectivity index (χ0v) is 12.1. The SMILES string of the molecule is CCCN(CC)c1ccc(C(=O)N[C@@H](C)CN)cc1. The molecule has 19 heavy (non-hydrogen) atoms. The van der Waals surface area contributed by atoms with Gasteiger partial charge in [0, 0.05) is 36.9 Å². The predicted molar refractivity (Wildman–Crippen MR) is 80.6 cm³/mol. The fourth-order valence-corrected chi connectivity index (χ4v) is 1.93. The first-order valence-corrected chi connectivity index (χ1v) is 6.98. The summed E-state index contributed by atoms with van der Waals surface area (Å²) < 4.78 is 0. The van der Waals surface area contributed by atoms with Crippen LogP contribution in [0.25, 0.3) is 0 Å². The van der Waals surface area contributed by atoms with Crippen molar-refractivity contribution < 1.29 is 4.79 Å². The third-order valence-corrected chi connectivity index (χ3v) is 3.10. The van der Waals surface area contributed by atoms with Crippen molar-refractivity contribution in [2.24, 2.45) is 5.73 Å². The zero-order valence-electron chi connectivity index (χ0n) is 12.1. The van der Waals surface area contributed by atoms with Gasteiger partial charge in [-0.3, -0.25) is 4.79 Å². The maximum atomic E-state index is 11.9. The van der Waals surface area contributed by atoms with Gasteiger partial charge in [0.2, 0.25) is 0 Å². The number of carbonyl (C=O) groups excluding carboxylic acids is 1. The summed E-state index contributed by atoms with van der Waals surface area (Å²) in [4.78, 5) is 14.2. The average Bonchev–Trinajstić information content (AvgIpc) is 2.44. The van der Waals surface area contributed by atoms with Crippen LogP contribution in [0.5, 0.6) is 0 Å². The van der Waals surface area contributed by atoms with Gasteiger partial charge in [0.15, 0.2) is 0 Å². The summed E-state index contributed by atoms with van der Waals surface area (Å²) in [6, 6.07) is 7.74. The van der Waals surface area contributed by atoms with E-state index in [0.29, 0.717) is 12.1 Å². The van der Waals surface area contributed by atoms with Gasteiger partial charge in [0.1, 0.15) is 0 Å².